The minimum absolute atomic E-state index is 0.132. The van der Waals surface area contributed by atoms with E-state index in [-0.39, 0.29) is 11.9 Å². The molecule has 0 bridgehead atoms. The third-order valence-electron chi connectivity index (χ3n) is 4.70. The lowest BCUT2D eigenvalue weighted by Gasteiger charge is -2.17. The van der Waals surface area contributed by atoms with Crippen LogP contribution >= 0.6 is 0 Å². The summed E-state index contributed by atoms with van der Waals surface area (Å²) in [6.45, 7) is 3.54. The van der Waals surface area contributed by atoms with Gasteiger partial charge in [0.05, 0.1) is 26.3 Å². The van der Waals surface area contributed by atoms with E-state index >= 15 is 0 Å². The van der Waals surface area contributed by atoms with Gasteiger partial charge in [-0.05, 0) is 48.4 Å². The largest absolute Gasteiger partial charge is 0.493 e. The number of methoxy groups -OCH3 is 2. The third kappa shape index (κ3) is 5.61. The number of rotatable bonds is 10. The highest BCUT2D eigenvalue weighted by Crippen LogP contribution is 2.30. The molecular formula is C23H27N3O4. The highest BCUT2D eigenvalue weighted by Gasteiger charge is 2.14. The second-order valence-corrected chi connectivity index (χ2v) is 6.85. The average molecular weight is 409 g/mol. The second kappa shape index (κ2) is 10.5. The van der Waals surface area contributed by atoms with E-state index in [1.807, 2.05) is 66.3 Å². The second-order valence-electron chi connectivity index (χ2n) is 6.85. The summed E-state index contributed by atoms with van der Waals surface area (Å²) in [6.07, 6.45) is 3.65. The maximum atomic E-state index is 12.7. The summed E-state index contributed by atoms with van der Waals surface area (Å²) in [5, 5.41) is 7.22. The summed E-state index contributed by atoms with van der Waals surface area (Å²) in [5.41, 5.74) is 2.62. The Morgan fingerprint density at radius 2 is 1.90 bits per heavy atom. The number of ether oxygens (including phenoxy) is 3. The van der Waals surface area contributed by atoms with Crippen molar-refractivity contribution >= 4 is 5.91 Å². The first-order chi connectivity index (χ1) is 14.6. The quantitative estimate of drug-likeness (QED) is 0.519. The van der Waals surface area contributed by atoms with Crippen molar-refractivity contribution in [3.63, 3.8) is 0 Å². The molecule has 1 N–H and O–H groups in total. The molecule has 0 saturated carbocycles. The molecule has 3 rings (SSSR count). The van der Waals surface area contributed by atoms with Crippen molar-refractivity contribution in [2.75, 3.05) is 27.4 Å². The van der Waals surface area contributed by atoms with Crippen LogP contribution in [0.1, 0.15) is 34.5 Å². The molecule has 0 aliphatic heterocycles. The lowest BCUT2D eigenvalue weighted by Crippen LogP contribution is -2.26. The van der Waals surface area contributed by atoms with E-state index in [1.54, 1.807) is 20.4 Å². The fourth-order valence-corrected chi connectivity index (χ4v) is 3.01. The molecule has 0 aliphatic carbocycles. The van der Waals surface area contributed by atoms with Gasteiger partial charge in [0, 0.05) is 25.1 Å². The molecule has 0 saturated heterocycles. The van der Waals surface area contributed by atoms with Gasteiger partial charge in [-0.1, -0.05) is 18.2 Å². The summed E-state index contributed by atoms with van der Waals surface area (Å²) in [6, 6.07) is 14.9. The Kier molecular flexibility index (Phi) is 7.45. The highest BCUT2D eigenvalue weighted by atomic mass is 16.5. The Bertz CT molecular complexity index is 940. The number of benzene rings is 2. The summed E-state index contributed by atoms with van der Waals surface area (Å²) in [4.78, 5) is 12.7. The zero-order chi connectivity index (χ0) is 21.3. The molecule has 1 aromatic heterocycles. The number of aromatic nitrogens is 2. The fraction of sp³-hybridized carbons (Fsp3) is 0.304. The van der Waals surface area contributed by atoms with Crippen LogP contribution in [0.3, 0.4) is 0 Å². The first-order valence-electron chi connectivity index (χ1n) is 9.77. The fourth-order valence-electron chi connectivity index (χ4n) is 3.01. The molecule has 7 nitrogen and oxygen atoms in total. The number of hydrogen-bond acceptors (Lipinski definition) is 5. The molecule has 30 heavy (non-hydrogen) atoms. The zero-order valence-corrected chi connectivity index (χ0v) is 17.5. The van der Waals surface area contributed by atoms with Crippen molar-refractivity contribution in [3.8, 4) is 11.5 Å². The monoisotopic (exact) mass is 409 g/mol. The Morgan fingerprint density at radius 1 is 1.10 bits per heavy atom. The van der Waals surface area contributed by atoms with E-state index in [0.29, 0.717) is 36.8 Å². The minimum Gasteiger partial charge on any atom is -0.493 e. The lowest BCUT2D eigenvalue weighted by molar-refractivity contribution is 0.0940. The molecule has 0 fully saturated rings. The first-order valence-corrected chi connectivity index (χ1v) is 9.77. The van der Waals surface area contributed by atoms with Gasteiger partial charge in [-0.3, -0.25) is 9.48 Å². The summed E-state index contributed by atoms with van der Waals surface area (Å²) in [7, 11) is 3.22. The van der Waals surface area contributed by atoms with Gasteiger partial charge in [0.1, 0.15) is 6.61 Å². The summed E-state index contributed by atoms with van der Waals surface area (Å²) >= 11 is 0. The van der Waals surface area contributed by atoms with Gasteiger partial charge >= 0.3 is 0 Å². The maximum absolute atomic E-state index is 12.7. The number of hydrogen-bond donors (Lipinski definition) is 1. The van der Waals surface area contributed by atoms with Crippen LogP contribution in [-0.4, -0.2) is 43.1 Å². The molecule has 3 aromatic rings. The standard InChI is InChI=1S/C23H27N3O4/c1-17(20-9-10-21(22(15-20)29-3)30-14-13-28-2)25-23(27)19-7-5-18(6-8-19)16-26-12-4-11-24-26/h4-12,15,17H,13-14,16H2,1-3H3,(H,25,27). The van der Waals surface area contributed by atoms with E-state index in [9.17, 15) is 4.79 Å². The van der Waals surface area contributed by atoms with E-state index in [4.69, 9.17) is 14.2 Å². The minimum atomic E-state index is -0.192. The molecule has 1 unspecified atom stereocenters. The molecule has 1 heterocycles. The molecule has 1 atom stereocenters. The Hall–Kier alpha value is -3.32. The first kappa shape index (κ1) is 21.4. The molecule has 2 aromatic carbocycles. The van der Waals surface area contributed by atoms with Crippen molar-refractivity contribution in [1.82, 2.24) is 15.1 Å². The Balaban J connectivity index is 1.61. The van der Waals surface area contributed by atoms with Crippen LogP contribution in [0.4, 0.5) is 0 Å². The van der Waals surface area contributed by atoms with Gasteiger partial charge in [-0.25, -0.2) is 0 Å². The topological polar surface area (TPSA) is 74.6 Å². The summed E-state index contributed by atoms with van der Waals surface area (Å²) in [5.74, 6) is 1.13. The average Bonchev–Trinajstić information content (AvgIpc) is 3.27. The SMILES string of the molecule is COCCOc1ccc(C(C)NC(=O)c2ccc(Cn3cccn3)cc2)cc1OC. The molecule has 158 valence electrons. The highest BCUT2D eigenvalue weighted by molar-refractivity contribution is 5.94. The van der Waals surface area contributed by atoms with Gasteiger partial charge in [0.25, 0.3) is 5.91 Å². The Morgan fingerprint density at radius 3 is 2.57 bits per heavy atom. The predicted molar refractivity (Wildman–Crippen MR) is 114 cm³/mol. The number of nitrogens with zero attached hydrogens (tertiary/aromatic N) is 2. The van der Waals surface area contributed by atoms with Crippen LogP contribution in [-0.2, 0) is 11.3 Å². The van der Waals surface area contributed by atoms with Gasteiger partial charge in [0.2, 0.25) is 0 Å². The van der Waals surface area contributed by atoms with Crippen LogP contribution < -0.4 is 14.8 Å². The molecule has 0 radical (unpaired) electrons. The Labute approximate surface area is 176 Å². The van der Waals surface area contributed by atoms with Gasteiger partial charge in [0.15, 0.2) is 11.5 Å². The van der Waals surface area contributed by atoms with Gasteiger partial charge in [-0.2, -0.15) is 5.10 Å². The van der Waals surface area contributed by atoms with Crippen LogP contribution in [0.2, 0.25) is 0 Å². The van der Waals surface area contributed by atoms with Crippen LogP contribution in [0.5, 0.6) is 11.5 Å². The van der Waals surface area contributed by atoms with Crippen LogP contribution in [0, 0.1) is 0 Å². The van der Waals surface area contributed by atoms with Gasteiger partial charge < -0.3 is 19.5 Å². The molecule has 0 spiro atoms. The van der Waals surface area contributed by atoms with E-state index < -0.39 is 0 Å². The van der Waals surface area contributed by atoms with Gasteiger partial charge in [-0.15, -0.1) is 0 Å². The van der Waals surface area contributed by atoms with Crippen LogP contribution in [0.15, 0.2) is 60.9 Å². The normalized spacial score (nSPS) is 11.7. The number of amides is 1. The number of carbonyl (C=O) groups excluding carboxylic acids is 1. The van der Waals surface area contributed by atoms with Crippen molar-refractivity contribution in [2.45, 2.75) is 19.5 Å². The van der Waals surface area contributed by atoms with Crippen molar-refractivity contribution in [2.24, 2.45) is 0 Å². The van der Waals surface area contributed by atoms with E-state index in [0.717, 1.165) is 11.1 Å². The smallest absolute Gasteiger partial charge is 0.251 e. The molecule has 0 aliphatic rings. The van der Waals surface area contributed by atoms with Crippen molar-refractivity contribution < 1.29 is 19.0 Å². The molecular weight excluding hydrogens is 382 g/mol. The maximum Gasteiger partial charge on any atom is 0.251 e. The van der Waals surface area contributed by atoms with Crippen molar-refractivity contribution in [3.05, 3.63) is 77.6 Å². The third-order valence-corrected chi connectivity index (χ3v) is 4.70. The van der Waals surface area contributed by atoms with E-state index in [2.05, 4.69) is 10.4 Å². The predicted octanol–water partition coefficient (Wildman–Crippen LogP) is 3.46. The number of nitrogens with one attached hydrogen (secondary N) is 1. The lowest BCUT2D eigenvalue weighted by atomic mass is 10.1. The van der Waals surface area contributed by atoms with E-state index in [1.165, 1.54) is 0 Å². The summed E-state index contributed by atoms with van der Waals surface area (Å²) < 4.78 is 17.9. The van der Waals surface area contributed by atoms with Crippen molar-refractivity contribution in [1.29, 1.82) is 0 Å². The van der Waals surface area contributed by atoms with Crippen LogP contribution in [0.25, 0.3) is 0 Å². The zero-order valence-electron chi connectivity index (χ0n) is 17.5. The molecule has 7 heteroatoms. The number of carbonyl (C=O) groups is 1. The molecule has 1 amide bonds.